The monoisotopic (exact) mass is 418 g/mol. The van der Waals surface area contributed by atoms with Crippen LogP contribution in [0.15, 0.2) is 72.8 Å². The Balaban J connectivity index is 1.76. The predicted octanol–water partition coefficient (Wildman–Crippen LogP) is 3.30. The van der Waals surface area contributed by atoms with Gasteiger partial charge in [0, 0.05) is 17.6 Å². The number of hydrogen-bond donors (Lipinski definition) is 3. The third kappa shape index (κ3) is 5.67. The summed E-state index contributed by atoms with van der Waals surface area (Å²) in [4.78, 5) is 39.1. The summed E-state index contributed by atoms with van der Waals surface area (Å²) >= 11 is 0. The molecule has 3 aromatic carbocycles. The standard InChI is InChI=1S/C24H26N4O3/c1-3-25-24(31)27-23(30)22(18-11-5-4-6-12-18)28(2)16-21(29)26-20-15-9-13-17-10-7-8-14-19(17)20/h4-15,22H,3,16H2,1-2H3,(H,26,29)(H2,25,27,30,31)/t22-/m1/s1. The molecule has 0 aromatic heterocycles. The number of likely N-dealkylation sites (N-methyl/N-ethyl adjacent to an activating group) is 1. The van der Waals surface area contributed by atoms with Gasteiger partial charge in [0.2, 0.25) is 11.8 Å². The minimum absolute atomic E-state index is 0.0361. The van der Waals surface area contributed by atoms with Crippen molar-refractivity contribution in [2.75, 3.05) is 25.5 Å². The van der Waals surface area contributed by atoms with E-state index >= 15 is 0 Å². The van der Waals surface area contributed by atoms with Crippen molar-refractivity contribution < 1.29 is 14.4 Å². The molecule has 0 fully saturated rings. The minimum atomic E-state index is -0.804. The molecule has 0 unspecified atom stereocenters. The first-order valence-corrected chi connectivity index (χ1v) is 10.1. The number of nitrogens with one attached hydrogen (secondary N) is 3. The third-order valence-electron chi connectivity index (χ3n) is 4.84. The second-order valence-electron chi connectivity index (χ2n) is 7.15. The van der Waals surface area contributed by atoms with E-state index < -0.39 is 18.0 Å². The number of urea groups is 1. The SMILES string of the molecule is CCNC(=O)NC(=O)[C@@H](c1ccccc1)N(C)CC(=O)Nc1cccc2ccccc12. The number of rotatable bonds is 7. The van der Waals surface area contributed by atoms with Gasteiger partial charge in [0.25, 0.3) is 0 Å². The summed E-state index contributed by atoms with van der Waals surface area (Å²) in [6, 6.07) is 21.2. The molecule has 160 valence electrons. The van der Waals surface area contributed by atoms with Crippen molar-refractivity contribution in [1.82, 2.24) is 15.5 Å². The lowest BCUT2D eigenvalue weighted by Crippen LogP contribution is -2.46. The van der Waals surface area contributed by atoms with Crippen molar-refractivity contribution in [2.45, 2.75) is 13.0 Å². The number of nitrogens with zero attached hydrogens (tertiary/aromatic N) is 1. The molecule has 0 saturated carbocycles. The maximum absolute atomic E-state index is 12.8. The normalized spacial score (nSPS) is 11.7. The fourth-order valence-electron chi connectivity index (χ4n) is 3.47. The topological polar surface area (TPSA) is 90.5 Å². The smallest absolute Gasteiger partial charge is 0.321 e. The van der Waals surface area contributed by atoms with Crippen LogP contribution >= 0.6 is 0 Å². The molecular weight excluding hydrogens is 392 g/mol. The first kappa shape index (κ1) is 22.0. The molecule has 3 N–H and O–H groups in total. The molecule has 0 spiro atoms. The van der Waals surface area contributed by atoms with Gasteiger partial charge in [-0.2, -0.15) is 0 Å². The molecule has 1 atom stereocenters. The molecule has 0 radical (unpaired) electrons. The number of benzene rings is 3. The largest absolute Gasteiger partial charge is 0.338 e. The van der Waals surface area contributed by atoms with Crippen LogP contribution in [0.25, 0.3) is 10.8 Å². The summed E-state index contributed by atoms with van der Waals surface area (Å²) in [6.45, 7) is 2.13. The number of carbonyl (C=O) groups excluding carboxylic acids is 3. The second kappa shape index (κ2) is 10.4. The average Bonchev–Trinajstić information content (AvgIpc) is 2.75. The van der Waals surface area contributed by atoms with Crippen molar-refractivity contribution in [2.24, 2.45) is 0 Å². The highest BCUT2D eigenvalue weighted by atomic mass is 16.2. The van der Waals surface area contributed by atoms with E-state index in [4.69, 9.17) is 0 Å². The summed E-state index contributed by atoms with van der Waals surface area (Å²) in [7, 11) is 1.68. The van der Waals surface area contributed by atoms with Crippen LogP contribution in [-0.4, -0.2) is 42.9 Å². The van der Waals surface area contributed by atoms with E-state index in [1.54, 1.807) is 31.0 Å². The van der Waals surface area contributed by atoms with Crippen molar-refractivity contribution in [1.29, 1.82) is 0 Å². The first-order valence-electron chi connectivity index (χ1n) is 10.1. The highest BCUT2D eigenvalue weighted by Crippen LogP contribution is 2.24. The number of carbonyl (C=O) groups is 3. The number of anilines is 1. The van der Waals surface area contributed by atoms with Crippen molar-refractivity contribution in [3.63, 3.8) is 0 Å². The molecule has 0 aliphatic rings. The van der Waals surface area contributed by atoms with Gasteiger partial charge >= 0.3 is 6.03 Å². The van der Waals surface area contributed by atoms with Crippen LogP contribution in [0.5, 0.6) is 0 Å². The van der Waals surface area contributed by atoms with Gasteiger partial charge in [-0.05, 0) is 31.0 Å². The summed E-state index contributed by atoms with van der Waals surface area (Å²) in [5.74, 6) is -0.761. The summed E-state index contributed by atoms with van der Waals surface area (Å²) in [5.41, 5.74) is 1.39. The van der Waals surface area contributed by atoms with Gasteiger partial charge in [-0.1, -0.05) is 66.7 Å². The minimum Gasteiger partial charge on any atom is -0.338 e. The number of fused-ring (bicyclic) bond motifs is 1. The van der Waals surface area contributed by atoms with Crippen molar-refractivity contribution in [3.8, 4) is 0 Å². The zero-order chi connectivity index (χ0) is 22.2. The molecule has 7 nitrogen and oxygen atoms in total. The van der Waals surface area contributed by atoms with Crippen LogP contribution in [0.4, 0.5) is 10.5 Å². The molecule has 0 heterocycles. The first-order chi connectivity index (χ1) is 15.0. The van der Waals surface area contributed by atoms with E-state index in [0.717, 1.165) is 10.8 Å². The molecule has 3 rings (SSSR count). The van der Waals surface area contributed by atoms with E-state index in [0.29, 0.717) is 17.8 Å². The van der Waals surface area contributed by atoms with Gasteiger partial charge in [0.1, 0.15) is 6.04 Å². The number of amides is 4. The Morgan fingerprint density at radius 2 is 1.58 bits per heavy atom. The molecule has 3 aromatic rings. The third-order valence-corrected chi connectivity index (χ3v) is 4.84. The molecule has 0 aliphatic heterocycles. The number of hydrogen-bond acceptors (Lipinski definition) is 4. The maximum atomic E-state index is 12.8. The van der Waals surface area contributed by atoms with Gasteiger partial charge in [0.15, 0.2) is 0 Å². The second-order valence-corrected chi connectivity index (χ2v) is 7.15. The molecule has 0 aliphatic carbocycles. The van der Waals surface area contributed by atoms with Crippen molar-refractivity contribution in [3.05, 3.63) is 78.4 Å². The highest BCUT2D eigenvalue weighted by molar-refractivity contribution is 6.03. The Bertz CT molecular complexity index is 1060. The predicted molar refractivity (Wildman–Crippen MR) is 122 cm³/mol. The quantitative estimate of drug-likeness (QED) is 0.549. The Hall–Kier alpha value is -3.71. The van der Waals surface area contributed by atoms with Crippen LogP contribution in [-0.2, 0) is 9.59 Å². The Morgan fingerprint density at radius 1 is 0.903 bits per heavy atom. The molecular formula is C24H26N4O3. The summed E-state index contributed by atoms with van der Waals surface area (Å²) in [6.07, 6.45) is 0. The van der Waals surface area contributed by atoms with Crippen LogP contribution in [0.2, 0.25) is 0 Å². The Morgan fingerprint density at radius 3 is 2.32 bits per heavy atom. The lowest BCUT2D eigenvalue weighted by molar-refractivity contribution is -0.126. The zero-order valence-electron chi connectivity index (χ0n) is 17.6. The highest BCUT2D eigenvalue weighted by Gasteiger charge is 2.27. The summed E-state index contributed by atoms with van der Waals surface area (Å²) in [5, 5.41) is 9.78. The van der Waals surface area contributed by atoms with E-state index in [1.807, 2.05) is 60.7 Å². The molecule has 4 amide bonds. The molecule has 0 saturated heterocycles. The van der Waals surface area contributed by atoms with Crippen LogP contribution in [0.3, 0.4) is 0 Å². The number of imide groups is 1. The molecule has 0 bridgehead atoms. The van der Waals surface area contributed by atoms with E-state index in [-0.39, 0.29) is 12.5 Å². The van der Waals surface area contributed by atoms with Gasteiger partial charge in [0.05, 0.1) is 6.54 Å². The van der Waals surface area contributed by atoms with Gasteiger partial charge in [-0.3, -0.25) is 19.8 Å². The van der Waals surface area contributed by atoms with Crippen LogP contribution in [0.1, 0.15) is 18.5 Å². The van der Waals surface area contributed by atoms with Gasteiger partial charge < -0.3 is 10.6 Å². The molecule has 31 heavy (non-hydrogen) atoms. The lowest BCUT2D eigenvalue weighted by Gasteiger charge is -2.27. The fourth-order valence-corrected chi connectivity index (χ4v) is 3.47. The molecule has 7 heteroatoms. The van der Waals surface area contributed by atoms with Crippen LogP contribution < -0.4 is 16.0 Å². The van der Waals surface area contributed by atoms with Gasteiger partial charge in [-0.15, -0.1) is 0 Å². The van der Waals surface area contributed by atoms with E-state index in [9.17, 15) is 14.4 Å². The Labute approximate surface area is 181 Å². The maximum Gasteiger partial charge on any atom is 0.321 e. The zero-order valence-corrected chi connectivity index (χ0v) is 17.6. The Kier molecular flexibility index (Phi) is 7.35. The van der Waals surface area contributed by atoms with E-state index in [1.165, 1.54) is 0 Å². The average molecular weight is 418 g/mol. The van der Waals surface area contributed by atoms with E-state index in [2.05, 4.69) is 16.0 Å². The lowest BCUT2D eigenvalue weighted by atomic mass is 10.0. The fraction of sp³-hybridized carbons (Fsp3) is 0.208. The van der Waals surface area contributed by atoms with Crippen molar-refractivity contribution >= 4 is 34.3 Å². The van der Waals surface area contributed by atoms with Crippen LogP contribution in [0, 0.1) is 0 Å². The summed E-state index contributed by atoms with van der Waals surface area (Å²) < 4.78 is 0. The van der Waals surface area contributed by atoms with Gasteiger partial charge in [-0.25, -0.2) is 4.79 Å².